The summed E-state index contributed by atoms with van der Waals surface area (Å²) in [6, 6.07) is 9.77. The number of hydrogen-bond donors (Lipinski definition) is 4. The minimum absolute atomic E-state index is 0.0265. The lowest BCUT2D eigenvalue weighted by atomic mass is 9.41. The third kappa shape index (κ3) is 3.35. The zero-order chi connectivity index (χ0) is 25.2. The van der Waals surface area contributed by atoms with Crippen LogP contribution in [0.5, 0.6) is 0 Å². The van der Waals surface area contributed by atoms with Crippen molar-refractivity contribution in [2.24, 2.45) is 33.7 Å². The van der Waals surface area contributed by atoms with E-state index in [0.717, 1.165) is 36.9 Å². The van der Waals surface area contributed by atoms with Gasteiger partial charge in [-0.1, -0.05) is 25.1 Å². The molecule has 1 aliphatic heterocycles. The summed E-state index contributed by atoms with van der Waals surface area (Å²) in [5.74, 6) is -0.0496. The Labute approximate surface area is 212 Å². The number of anilines is 1. The van der Waals surface area contributed by atoms with E-state index in [1.165, 1.54) is 0 Å². The Hall–Kier alpha value is -2.22. The lowest BCUT2D eigenvalue weighted by Crippen LogP contribution is -2.68. The minimum Gasteiger partial charge on any atom is -0.458 e. The molecule has 0 amide bonds. The Morgan fingerprint density at radius 2 is 1.81 bits per heavy atom. The van der Waals surface area contributed by atoms with Crippen LogP contribution < -0.4 is 5.43 Å². The number of cyclic esters (lactones) is 1. The van der Waals surface area contributed by atoms with E-state index >= 15 is 0 Å². The summed E-state index contributed by atoms with van der Waals surface area (Å²) < 4.78 is 5.24. The van der Waals surface area contributed by atoms with Crippen LogP contribution in [0.2, 0.25) is 0 Å². The normalized spacial score (nSPS) is 46.0. The zero-order valence-electron chi connectivity index (χ0n) is 21.0. The molecule has 5 aliphatic rings. The number of esters is 1. The second kappa shape index (κ2) is 8.40. The summed E-state index contributed by atoms with van der Waals surface area (Å²) >= 11 is 0. The average molecular weight is 495 g/mol. The van der Waals surface area contributed by atoms with E-state index in [0.29, 0.717) is 38.7 Å². The van der Waals surface area contributed by atoms with E-state index in [-0.39, 0.29) is 29.1 Å². The van der Waals surface area contributed by atoms with Gasteiger partial charge in [0.1, 0.15) is 6.61 Å². The number of ether oxygens (including phenoxy) is 1. The molecule has 0 unspecified atom stereocenters. The van der Waals surface area contributed by atoms with E-state index in [1.54, 1.807) is 6.08 Å². The number of fused-ring (bicyclic) bond motifs is 5. The first-order valence-electron chi connectivity index (χ1n) is 13.6. The third-order valence-corrected chi connectivity index (χ3v) is 10.9. The number of carbonyl (C=O) groups excluding carboxylic acids is 1. The van der Waals surface area contributed by atoms with Crippen molar-refractivity contribution in [1.29, 1.82) is 0 Å². The van der Waals surface area contributed by atoms with Crippen LogP contribution in [-0.2, 0) is 9.53 Å². The van der Waals surface area contributed by atoms with Crippen LogP contribution >= 0.6 is 0 Å². The number of nitrogens with zero attached hydrogens (tertiary/aromatic N) is 1. The molecule has 4 aliphatic carbocycles. The van der Waals surface area contributed by atoms with Crippen molar-refractivity contribution in [2.45, 2.75) is 82.0 Å². The predicted octanol–water partition coefficient (Wildman–Crippen LogP) is 3.80. The van der Waals surface area contributed by atoms with Crippen molar-refractivity contribution in [2.75, 3.05) is 12.0 Å². The molecular weight excluding hydrogens is 456 g/mol. The van der Waals surface area contributed by atoms with Gasteiger partial charge in [0.2, 0.25) is 0 Å². The number of hydrazone groups is 1. The SMILES string of the molecule is C[C@]12CC[C@@H]3[C@H](CC[C@]4(O)C[C@@H](O)CC[C@]34/C=N\Nc3ccccc3)[C@]1(O)CC[C@H]2C1=CC(=O)OC1. The van der Waals surface area contributed by atoms with Crippen molar-refractivity contribution in [1.82, 2.24) is 0 Å². The van der Waals surface area contributed by atoms with Crippen LogP contribution in [0.3, 0.4) is 0 Å². The highest BCUT2D eigenvalue weighted by Crippen LogP contribution is 2.70. The molecule has 0 spiro atoms. The number of hydrogen-bond acceptors (Lipinski definition) is 7. The highest BCUT2D eigenvalue weighted by Gasteiger charge is 2.71. The molecule has 6 rings (SSSR count). The van der Waals surface area contributed by atoms with Crippen molar-refractivity contribution >= 4 is 17.9 Å². The van der Waals surface area contributed by atoms with Gasteiger partial charge in [0.15, 0.2) is 0 Å². The number of carbonyl (C=O) groups is 1. The van der Waals surface area contributed by atoms with Crippen LogP contribution in [0, 0.1) is 28.6 Å². The molecule has 8 atom stereocenters. The number of rotatable bonds is 4. The van der Waals surface area contributed by atoms with E-state index in [2.05, 4.69) is 17.5 Å². The minimum atomic E-state index is -1.05. The Balaban J connectivity index is 1.35. The van der Waals surface area contributed by atoms with Crippen LogP contribution in [-0.4, -0.2) is 51.4 Å². The molecule has 7 heteroatoms. The van der Waals surface area contributed by atoms with Crippen LogP contribution in [0.25, 0.3) is 0 Å². The summed E-state index contributed by atoms with van der Waals surface area (Å²) in [7, 11) is 0. The van der Waals surface area contributed by atoms with E-state index < -0.39 is 22.7 Å². The monoisotopic (exact) mass is 494 g/mol. The molecule has 194 valence electrons. The van der Waals surface area contributed by atoms with Crippen molar-refractivity contribution in [3.8, 4) is 0 Å². The highest BCUT2D eigenvalue weighted by atomic mass is 16.5. The van der Waals surface area contributed by atoms with Gasteiger partial charge < -0.3 is 20.1 Å². The summed E-state index contributed by atoms with van der Waals surface area (Å²) in [5.41, 5.74) is 2.16. The van der Waals surface area contributed by atoms with Crippen LogP contribution in [0.15, 0.2) is 47.1 Å². The first-order chi connectivity index (χ1) is 17.2. The first-order valence-corrected chi connectivity index (χ1v) is 13.6. The van der Waals surface area contributed by atoms with Gasteiger partial charge in [-0.25, -0.2) is 4.79 Å². The second-order valence-electron chi connectivity index (χ2n) is 12.3. The van der Waals surface area contributed by atoms with Crippen molar-refractivity contribution in [3.63, 3.8) is 0 Å². The topological polar surface area (TPSA) is 111 Å². The maximum Gasteiger partial charge on any atom is 0.331 e. The Morgan fingerprint density at radius 3 is 2.56 bits per heavy atom. The van der Waals surface area contributed by atoms with Crippen molar-refractivity contribution in [3.05, 3.63) is 42.0 Å². The number of aliphatic hydroxyl groups excluding tert-OH is 1. The van der Waals surface area contributed by atoms with E-state index in [9.17, 15) is 20.1 Å². The molecule has 1 aromatic rings. The standard InChI is InChI=1S/C29H38N2O5/c1-26-11-8-23-24(29(26,35)14-10-22(26)19-15-25(33)36-17-19)9-13-28(34)16-21(32)7-12-27(23,28)18-30-31-20-5-3-2-4-6-20/h2-6,15,18,21-24,31-32,34-35H,7-14,16-17H2,1H3/b30-18-/t21-,22-,23+,24-,26+,27-,28-,29+/m0/s1. The Kier molecular flexibility index (Phi) is 5.63. The fourth-order valence-electron chi connectivity index (χ4n) is 9.10. The summed E-state index contributed by atoms with van der Waals surface area (Å²) in [5, 5.41) is 39.7. The van der Waals surface area contributed by atoms with Crippen LogP contribution in [0.1, 0.15) is 64.7 Å². The first kappa shape index (κ1) is 24.1. The molecule has 0 bridgehead atoms. The number of nitrogens with one attached hydrogen (secondary N) is 1. The van der Waals surface area contributed by atoms with Gasteiger partial charge in [0.05, 0.1) is 23.0 Å². The number of para-hydroxylation sites is 1. The summed E-state index contributed by atoms with van der Waals surface area (Å²) in [4.78, 5) is 11.8. The quantitative estimate of drug-likeness (QED) is 0.288. The summed E-state index contributed by atoms with van der Waals surface area (Å²) in [6.07, 6.45) is 9.15. The largest absolute Gasteiger partial charge is 0.458 e. The Bertz CT molecular complexity index is 1090. The van der Waals surface area contributed by atoms with Crippen molar-refractivity contribution < 1.29 is 24.9 Å². The average Bonchev–Trinajstić information content (AvgIpc) is 3.40. The molecule has 0 aromatic heterocycles. The Morgan fingerprint density at radius 1 is 1.03 bits per heavy atom. The van der Waals surface area contributed by atoms with Gasteiger partial charge >= 0.3 is 5.97 Å². The maximum atomic E-state index is 12.5. The lowest BCUT2D eigenvalue weighted by Gasteiger charge is -2.65. The van der Waals surface area contributed by atoms with Gasteiger partial charge in [-0.15, -0.1) is 0 Å². The fourth-order valence-corrected chi connectivity index (χ4v) is 9.10. The smallest absolute Gasteiger partial charge is 0.331 e. The molecule has 1 heterocycles. The molecule has 1 aromatic carbocycles. The molecule has 0 radical (unpaired) electrons. The fraction of sp³-hybridized carbons (Fsp3) is 0.655. The molecule has 7 nitrogen and oxygen atoms in total. The molecule has 4 fully saturated rings. The highest BCUT2D eigenvalue weighted by molar-refractivity contribution is 5.85. The maximum absolute atomic E-state index is 12.5. The predicted molar refractivity (Wildman–Crippen MR) is 136 cm³/mol. The zero-order valence-corrected chi connectivity index (χ0v) is 21.0. The van der Waals surface area contributed by atoms with Crippen LogP contribution in [0.4, 0.5) is 5.69 Å². The number of aliphatic hydroxyl groups is 3. The summed E-state index contributed by atoms with van der Waals surface area (Å²) in [6.45, 7) is 2.54. The molecule has 4 N–H and O–H groups in total. The molecular formula is C29H38N2O5. The molecule has 36 heavy (non-hydrogen) atoms. The van der Waals surface area contributed by atoms with Gasteiger partial charge in [0, 0.05) is 29.5 Å². The van der Waals surface area contributed by atoms with E-state index in [1.807, 2.05) is 36.5 Å². The molecule has 0 saturated heterocycles. The van der Waals surface area contributed by atoms with Gasteiger partial charge in [-0.05, 0) is 86.8 Å². The van der Waals surface area contributed by atoms with Gasteiger partial charge in [-0.2, -0.15) is 5.10 Å². The second-order valence-corrected chi connectivity index (χ2v) is 12.3. The third-order valence-electron chi connectivity index (χ3n) is 10.9. The molecule has 4 saturated carbocycles. The van der Waals surface area contributed by atoms with Gasteiger partial charge in [0.25, 0.3) is 0 Å². The van der Waals surface area contributed by atoms with Gasteiger partial charge in [-0.3, -0.25) is 5.43 Å². The van der Waals surface area contributed by atoms with E-state index in [4.69, 9.17) is 4.74 Å². The lowest BCUT2D eigenvalue weighted by molar-refractivity contribution is -0.237. The number of benzene rings is 1.